The number of rotatable bonds is 7. The predicted molar refractivity (Wildman–Crippen MR) is 116 cm³/mol. The second-order valence-corrected chi connectivity index (χ2v) is 8.73. The van der Waals surface area contributed by atoms with E-state index in [1.54, 1.807) is 43.5 Å². The standard InChI is InChI=1S/C21H19BrN2O4S/c1-28-20-5-3-2-4-16(20)14-23-21(25)15-6-10-18(11-7-15)24-29(26,27)19-12-8-17(22)9-13-19/h2-13,24H,14H2,1H3,(H,23,25). The first-order valence-electron chi connectivity index (χ1n) is 8.67. The van der Waals surface area contributed by atoms with E-state index in [1.165, 1.54) is 12.1 Å². The molecule has 2 N–H and O–H groups in total. The highest BCUT2D eigenvalue weighted by molar-refractivity contribution is 9.10. The lowest BCUT2D eigenvalue weighted by Gasteiger charge is -2.11. The molecule has 0 spiro atoms. The van der Waals surface area contributed by atoms with Crippen LogP contribution < -0.4 is 14.8 Å². The number of methoxy groups -OCH3 is 1. The van der Waals surface area contributed by atoms with E-state index in [4.69, 9.17) is 4.74 Å². The molecule has 150 valence electrons. The maximum absolute atomic E-state index is 12.4. The van der Waals surface area contributed by atoms with Crippen molar-refractivity contribution in [2.75, 3.05) is 11.8 Å². The highest BCUT2D eigenvalue weighted by Gasteiger charge is 2.14. The van der Waals surface area contributed by atoms with Crippen LogP contribution in [0.2, 0.25) is 0 Å². The highest BCUT2D eigenvalue weighted by Crippen LogP contribution is 2.20. The fraction of sp³-hybridized carbons (Fsp3) is 0.0952. The molecule has 8 heteroatoms. The van der Waals surface area contributed by atoms with Crippen molar-refractivity contribution in [2.24, 2.45) is 0 Å². The third kappa shape index (κ3) is 5.36. The van der Waals surface area contributed by atoms with Gasteiger partial charge in [-0.2, -0.15) is 0 Å². The molecule has 3 aromatic carbocycles. The summed E-state index contributed by atoms with van der Waals surface area (Å²) in [7, 11) is -2.12. The third-order valence-corrected chi connectivity index (χ3v) is 6.08. The van der Waals surface area contributed by atoms with Crippen molar-refractivity contribution in [1.82, 2.24) is 5.32 Å². The number of hydrogen-bond acceptors (Lipinski definition) is 4. The van der Waals surface area contributed by atoms with Crippen LogP contribution in [0.3, 0.4) is 0 Å². The van der Waals surface area contributed by atoms with E-state index >= 15 is 0 Å². The van der Waals surface area contributed by atoms with Crippen molar-refractivity contribution in [2.45, 2.75) is 11.4 Å². The number of sulfonamides is 1. The molecule has 0 saturated heterocycles. The largest absolute Gasteiger partial charge is 0.496 e. The molecular weight excluding hydrogens is 456 g/mol. The van der Waals surface area contributed by atoms with Gasteiger partial charge >= 0.3 is 0 Å². The van der Waals surface area contributed by atoms with Crippen LogP contribution in [0.4, 0.5) is 5.69 Å². The number of ether oxygens (including phenoxy) is 1. The summed E-state index contributed by atoms with van der Waals surface area (Å²) in [6.45, 7) is 0.320. The van der Waals surface area contributed by atoms with Gasteiger partial charge in [-0.15, -0.1) is 0 Å². The fourth-order valence-electron chi connectivity index (χ4n) is 2.64. The molecule has 0 radical (unpaired) electrons. The van der Waals surface area contributed by atoms with Crippen molar-refractivity contribution in [3.8, 4) is 5.75 Å². The van der Waals surface area contributed by atoms with E-state index in [2.05, 4.69) is 26.0 Å². The minimum absolute atomic E-state index is 0.152. The molecule has 0 fully saturated rings. The minimum Gasteiger partial charge on any atom is -0.496 e. The number of nitrogens with one attached hydrogen (secondary N) is 2. The monoisotopic (exact) mass is 474 g/mol. The second kappa shape index (κ2) is 9.11. The quantitative estimate of drug-likeness (QED) is 0.537. The number of benzene rings is 3. The average Bonchev–Trinajstić information content (AvgIpc) is 2.72. The molecule has 3 rings (SSSR count). The van der Waals surface area contributed by atoms with Gasteiger partial charge in [-0.25, -0.2) is 8.42 Å². The zero-order valence-electron chi connectivity index (χ0n) is 15.6. The molecule has 0 aliphatic carbocycles. The fourth-order valence-corrected chi connectivity index (χ4v) is 3.97. The summed E-state index contributed by atoms with van der Waals surface area (Å²) >= 11 is 3.28. The van der Waals surface area contributed by atoms with E-state index in [-0.39, 0.29) is 10.8 Å². The molecule has 0 aliphatic rings. The van der Waals surface area contributed by atoms with Gasteiger partial charge in [-0.05, 0) is 54.6 Å². The van der Waals surface area contributed by atoms with E-state index in [0.29, 0.717) is 23.5 Å². The Balaban J connectivity index is 1.65. The topological polar surface area (TPSA) is 84.5 Å². The Hall–Kier alpha value is -2.84. The van der Waals surface area contributed by atoms with Crippen molar-refractivity contribution < 1.29 is 17.9 Å². The van der Waals surface area contributed by atoms with E-state index in [1.807, 2.05) is 24.3 Å². The van der Waals surface area contributed by atoms with Crippen molar-refractivity contribution >= 4 is 37.5 Å². The lowest BCUT2D eigenvalue weighted by atomic mass is 10.1. The number of carbonyl (C=O) groups excluding carboxylic acids is 1. The summed E-state index contributed by atoms with van der Waals surface area (Å²) in [5.41, 5.74) is 1.66. The predicted octanol–water partition coefficient (Wildman–Crippen LogP) is 4.19. The molecule has 0 atom stereocenters. The molecule has 0 heterocycles. The molecular formula is C21H19BrN2O4S. The summed E-state index contributed by atoms with van der Waals surface area (Å²) in [6.07, 6.45) is 0. The SMILES string of the molecule is COc1ccccc1CNC(=O)c1ccc(NS(=O)(=O)c2ccc(Br)cc2)cc1. The zero-order valence-corrected chi connectivity index (χ0v) is 18.0. The van der Waals surface area contributed by atoms with Gasteiger partial charge in [0.05, 0.1) is 12.0 Å². The van der Waals surface area contributed by atoms with Gasteiger partial charge in [0, 0.05) is 27.8 Å². The third-order valence-electron chi connectivity index (χ3n) is 4.16. The average molecular weight is 475 g/mol. The van der Waals surface area contributed by atoms with Crippen LogP contribution in [0.5, 0.6) is 5.75 Å². The van der Waals surface area contributed by atoms with Crippen LogP contribution in [-0.4, -0.2) is 21.4 Å². The summed E-state index contributed by atoms with van der Waals surface area (Å²) < 4.78 is 33.4. The summed E-state index contributed by atoms with van der Waals surface area (Å²) in [5.74, 6) is 0.434. The Labute approximate surface area is 178 Å². The Kier molecular flexibility index (Phi) is 6.56. The van der Waals surface area contributed by atoms with E-state index in [9.17, 15) is 13.2 Å². The maximum atomic E-state index is 12.4. The smallest absolute Gasteiger partial charge is 0.261 e. The van der Waals surface area contributed by atoms with Gasteiger partial charge < -0.3 is 10.1 Å². The van der Waals surface area contributed by atoms with E-state index < -0.39 is 10.0 Å². The van der Waals surface area contributed by atoms with E-state index in [0.717, 1.165) is 10.0 Å². The van der Waals surface area contributed by atoms with Gasteiger partial charge in [0.1, 0.15) is 5.75 Å². The summed E-state index contributed by atoms with van der Waals surface area (Å²) in [4.78, 5) is 12.5. The van der Waals surface area contributed by atoms with Crippen molar-refractivity contribution in [3.05, 3.63) is 88.4 Å². The lowest BCUT2D eigenvalue weighted by Crippen LogP contribution is -2.23. The lowest BCUT2D eigenvalue weighted by molar-refractivity contribution is 0.0950. The van der Waals surface area contributed by atoms with Gasteiger partial charge in [0.25, 0.3) is 15.9 Å². The number of hydrogen-bond donors (Lipinski definition) is 2. The van der Waals surface area contributed by atoms with Gasteiger partial charge in [0.15, 0.2) is 0 Å². The molecule has 0 aliphatic heterocycles. The first kappa shape index (κ1) is 20.9. The van der Waals surface area contributed by atoms with Crippen molar-refractivity contribution in [3.63, 3.8) is 0 Å². The second-order valence-electron chi connectivity index (χ2n) is 6.13. The number of amides is 1. The van der Waals surface area contributed by atoms with Crippen LogP contribution in [-0.2, 0) is 16.6 Å². The summed E-state index contributed by atoms with van der Waals surface area (Å²) in [6, 6.07) is 20.0. The number of carbonyl (C=O) groups is 1. The Morgan fingerprint density at radius 3 is 2.28 bits per heavy atom. The van der Waals surface area contributed by atoms with Gasteiger partial charge in [0.2, 0.25) is 0 Å². The molecule has 6 nitrogen and oxygen atoms in total. The Morgan fingerprint density at radius 2 is 1.62 bits per heavy atom. The van der Waals surface area contributed by atoms with Crippen LogP contribution in [0, 0.1) is 0 Å². The number of para-hydroxylation sites is 1. The van der Waals surface area contributed by atoms with Crippen LogP contribution in [0.25, 0.3) is 0 Å². The highest BCUT2D eigenvalue weighted by atomic mass is 79.9. The van der Waals surface area contributed by atoms with Crippen LogP contribution >= 0.6 is 15.9 Å². The maximum Gasteiger partial charge on any atom is 0.261 e. The van der Waals surface area contributed by atoms with Gasteiger partial charge in [-0.1, -0.05) is 34.1 Å². The van der Waals surface area contributed by atoms with Crippen LogP contribution in [0.15, 0.2) is 82.2 Å². The van der Waals surface area contributed by atoms with Crippen LogP contribution in [0.1, 0.15) is 15.9 Å². The molecule has 1 amide bonds. The normalized spacial score (nSPS) is 11.0. The molecule has 0 aromatic heterocycles. The molecule has 29 heavy (non-hydrogen) atoms. The molecule has 0 bridgehead atoms. The first-order valence-corrected chi connectivity index (χ1v) is 11.0. The molecule has 3 aromatic rings. The van der Waals surface area contributed by atoms with Crippen molar-refractivity contribution in [1.29, 1.82) is 0 Å². The zero-order chi connectivity index (χ0) is 20.9. The van der Waals surface area contributed by atoms with Gasteiger partial charge in [-0.3, -0.25) is 9.52 Å². The molecule has 0 unspecified atom stereocenters. The number of halogens is 1. The number of anilines is 1. The Bertz CT molecular complexity index is 1100. The molecule has 0 saturated carbocycles. The summed E-state index contributed by atoms with van der Waals surface area (Å²) in [5, 5.41) is 2.83. The first-order chi connectivity index (χ1) is 13.9. The minimum atomic E-state index is -3.70. The Morgan fingerprint density at radius 1 is 0.966 bits per heavy atom.